The Kier molecular flexibility index (Phi) is 12.6. The van der Waals surface area contributed by atoms with Crippen molar-refractivity contribution in [2.45, 2.75) is 84.0 Å². The van der Waals surface area contributed by atoms with Crippen LogP contribution in [0.25, 0.3) is 0 Å². The molecule has 1 amide bonds. The van der Waals surface area contributed by atoms with E-state index >= 15 is 0 Å². The Morgan fingerprint density at radius 1 is 1.03 bits per heavy atom. The summed E-state index contributed by atoms with van der Waals surface area (Å²) in [7, 11) is 0. The van der Waals surface area contributed by atoms with Gasteiger partial charge in [-0.15, -0.1) is 0 Å². The van der Waals surface area contributed by atoms with Crippen LogP contribution < -0.4 is 10.6 Å². The van der Waals surface area contributed by atoms with Crippen molar-refractivity contribution in [3.05, 3.63) is 28.3 Å². The van der Waals surface area contributed by atoms with Crippen LogP contribution in [0.4, 0.5) is 11.4 Å². The first-order chi connectivity index (χ1) is 13.9. The smallest absolute Gasteiger partial charge is 0.273 e. The second-order valence-corrected chi connectivity index (χ2v) is 7.65. The Labute approximate surface area is 178 Å². The molecular weight excluding hydrogens is 390 g/mol. The molecule has 29 heavy (non-hydrogen) atoms. The predicted octanol–water partition coefficient (Wildman–Crippen LogP) is 5.81. The molecule has 0 saturated heterocycles. The number of hydrogen-bond donors (Lipinski definition) is 3. The van der Waals surface area contributed by atoms with E-state index in [1.54, 1.807) is 0 Å². The van der Waals surface area contributed by atoms with Crippen molar-refractivity contribution in [3.8, 4) is 5.75 Å². The van der Waals surface area contributed by atoms with E-state index in [2.05, 4.69) is 17.6 Å². The second-order valence-electron chi connectivity index (χ2n) is 7.25. The van der Waals surface area contributed by atoms with Gasteiger partial charge in [-0.3, -0.25) is 14.9 Å². The van der Waals surface area contributed by atoms with E-state index in [0.29, 0.717) is 6.42 Å². The van der Waals surface area contributed by atoms with Gasteiger partial charge < -0.3 is 15.7 Å². The first-order valence-corrected chi connectivity index (χ1v) is 10.9. The number of nitrogens with zero attached hydrogens (tertiary/aromatic N) is 1. The zero-order valence-electron chi connectivity index (χ0n) is 17.2. The van der Waals surface area contributed by atoms with Crippen molar-refractivity contribution in [3.63, 3.8) is 0 Å². The number of phenolic OH excluding ortho intramolecular Hbond substituents is 1. The van der Waals surface area contributed by atoms with Crippen LogP contribution in [0.3, 0.4) is 0 Å². The fourth-order valence-electron chi connectivity index (χ4n) is 3.03. The van der Waals surface area contributed by atoms with Crippen molar-refractivity contribution < 1.29 is 14.8 Å². The lowest BCUT2D eigenvalue weighted by molar-refractivity contribution is -0.384. The Morgan fingerprint density at radius 3 is 2.10 bits per heavy atom. The zero-order chi connectivity index (χ0) is 21.5. The van der Waals surface area contributed by atoms with Gasteiger partial charge in [0.1, 0.15) is 5.75 Å². The Bertz CT molecular complexity index is 667. The molecule has 0 spiro atoms. The molecule has 1 aromatic rings. The molecule has 0 unspecified atom stereocenters. The molecule has 8 heteroatoms. The number of rotatable bonds is 14. The number of aromatic hydroxyl groups is 1. The average Bonchev–Trinajstić information content (AvgIpc) is 2.67. The maximum atomic E-state index is 11.9. The van der Waals surface area contributed by atoms with Gasteiger partial charge in [0, 0.05) is 12.5 Å². The predicted molar refractivity (Wildman–Crippen MR) is 120 cm³/mol. The van der Waals surface area contributed by atoms with Gasteiger partial charge in [-0.2, -0.15) is 0 Å². The summed E-state index contributed by atoms with van der Waals surface area (Å²) in [5.74, 6) is -0.485. The monoisotopic (exact) mass is 423 g/mol. The molecule has 3 N–H and O–H groups in total. The van der Waals surface area contributed by atoms with Crippen LogP contribution in [0.15, 0.2) is 18.2 Å². The minimum atomic E-state index is -0.600. The molecule has 0 aliphatic rings. The number of thiocarbonyl (C=S) groups is 1. The summed E-state index contributed by atoms with van der Waals surface area (Å²) < 4.78 is 0. The number of nitro groups is 1. The first-order valence-electron chi connectivity index (χ1n) is 10.5. The molecule has 0 aromatic heterocycles. The van der Waals surface area contributed by atoms with Crippen molar-refractivity contribution >= 4 is 34.6 Å². The van der Waals surface area contributed by atoms with Crippen LogP contribution in [0, 0.1) is 10.1 Å². The summed E-state index contributed by atoms with van der Waals surface area (Å²) in [6, 6.07) is 3.62. The fourth-order valence-corrected chi connectivity index (χ4v) is 3.26. The number of phenols is 1. The highest BCUT2D eigenvalue weighted by atomic mass is 32.1. The quantitative estimate of drug-likeness (QED) is 0.115. The average molecular weight is 424 g/mol. The van der Waals surface area contributed by atoms with E-state index < -0.39 is 4.92 Å². The third-order valence-corrected chi connectivity index (χ3v) is 4.90. The van der Waals surface area contributed by atoms with Crippen molar-refractivity contribution in [2.24, 2.45) is 0 Å². The molecule has 1 rings (SSSR count). The molecule has 0 bridgehead atoms. The van der Waals surface area contributed by atoms with Crippen molar-refractivity contribution in [2.75, 3.05) is 5.32 Å². The van der Waals surface area contributed by atoms with E-state index in [0.717, 1.165) is 25.3 Å². The number of amides is 1. The Morgan fingerprint density at radius 2 is 1.59 bits per heavy atom. The SMILES string of the molecule is CCCCCCCCCCCCCC(=O)NC(=S)Nc1ccc([N+](=O)[O-])cc1O. The number of carbonyl (C=O) groups is 1. The van der Waals surface area contributed by atoms with Gasteiger partial charge in [0.15, 0.2) is 5.11 Å². The lowest BCUT2D eigenvalue weighted by atomic mass is 10.1. The van der Waals surface area contributed by atoms with Crippen LogP contribution in [0.1, 0.15) is 84.0 Å². The molecule has 0 aliphatic heterocycles. The van der Waals surface area contributed by atoms with Crippen LogP contribution in [-0.2, 0) is 4.79 Å². The number of benzene rings is 1. The van der Waals surface area contributed by atoms with Crippen LogP contribution in [0.5, 0.6) is 5.75 Å². The van der Waals surface area contributed by atoms with Gasteiger partial charge in [0.05, 0.1) is 16.7 Å². The van der Waals surface area contributed by atoms with E-state index in [1.165, 1.54) is 63.5 Å². The number of unbranched alkanes of at least 4 members (excludes halogenated alkanes) is 10. The number of hydrogen-bond acceptors (Lipinski definition) is 5. The highest BCUT2D eigenvalue weighted by Crippen LogP contribution is 2.27. The third-order valence-electron chi connectivity index (χ3n) is 4.70. The maximum absolute atomic E-state index is 11.9. The second kappa shape index (κ2) is 14.7. The lowest BCUT2D eigenvalue weighted by Crippen LogP contribution is -2.33. The highest BCUT2D eigenvalue weighted by molar-refractivity contribution is 7.80. The van der Waals surface area contributed by atoms with E-state index in [9.17, 15) is 20.0 Å². The summed E-state index contributed by atoms with van der Waals surface area (Å²) in [4.78, 5) is 22.0. The minimum absolute atomic E-state index is 0.0576. The van der Waals surface area contributed by atoms with E-state index in [4.69, 9.17) is 12.2 Å². The summed E-state index contributed by atoms with van der Waals surface area (Å²) in [6.07, 6.45) is 13.8. The number of nitro benzene ring substituents is 1. The number of non-ortho nitro benzene ring substituents is 1. The lowest BCUT2D eigenvalue weighted by Gasteiger charge is -2.10. The number of carbonyl (C=O) groups excluding carboxylic acids is 1. The maximum Gasteiger partial charge on any atom is 0.273 e. The Balaban J connectivity index is 2.11. The fraction of sp³-hybridized carbons (Fsp3) is 0.619. The molecular formula is C21H33N3O4S. The van der Waals surface area contributed by atoms with Crippen LogP contribution in [0.2, 0.25) is 0 Å². The molecule has 0 radical (unpaired) electrons. The topological polar surface area (TPSA) is 104 Å². The van der Waals surface area contributed by atoms with Gasteiger partial charge in [0.2, 0.25) is 5.91 Å². The van der Waals surface area contributed by atoms with Gasteiger partial charge in [-0.05, 0) is 24.7 Å². The zero-order valence-corrected chi connectivity index (χ0v) is 18.1. The van der Waals surface area contributed by atoms with E-state index in [1.807, 2.05) is 0 Å². The standard InChI is InChI=1S/C21H33N3O4S/c1-2-3-4-5-6-7-8-9-10-11-12-13-20(26)23-21(29)22-18-15-14-17(24(27)28)16-19(18)25/h14-16,25H,2-13H2,1H3,(H2,22,23,26,29). The first kappa shape index (κ1) is 24.8. The molecule has 162 valence electrons. The van der Waals surface area contributed by atoms with E-state index in [-0.39, 0.29) is 28.1 Å². The molecule has 0 fully saturated rings. The summed E-state index contributed by atoms with van der Waals surface area (Å²) in [6.45, 7) is 2.23. The molecule has 0 aliphatic carbocycles. The third kappa shape index (κ3) is 11.4. The summed E-state index contributed by atoms with van der Waals surface area (Å²) in [5.41, 5.74) is -0.0184. The van der Waals surface area contributed by atoms with Crippen LogP contribution >= 0.6 is 12.2 Å². The molecule has 1 aromatic carbocycles. The van der Waals surface area contributed by atoms with Gasteiger partial charge in [-0.1, -0.05) is 71.1 Å². The summed E-state index contributed by atoms with van der Waals surface area (Å²) >= 11 is 5.06. The van der Waals surface area contributed by atoms with Crippen molar-refractivity contribution in [1.82, 2.24) is 5.32 Å². The van der Waals surface area contributed by atoms with Gasteiger partial charge in [-0.25, -0.2) is 0 Å². The van der Waals surface area contributed by atoms with Gasteiger partial charge in [0.25, 0.3) is 5.69 Å². The largest absolute Gasteiger partial charge is 0.506 e. The molecule has 0 atom stereocenters. The normalized spacial score (nSPS) is 10.5. The number of anilines is 1. The summed E-state index contributed by atoms with van der Waals surface area (Å²) in [5, 5.41) is 25.8. The minimum Gasteiger partial charge on any atom is -0.506 e. The van der Waals surface area contributed by atoms with Crippen molar-refractivity contribution in [1.29, 1.82) is 0 Å². The van der Waals surface area contributed by atoms with Crippen LogP contribution in [-0.4, -0.2) is 21.0 Å². The molecule has 0 heterocycles. The Hall–Kier alpha value is -2.22. The molecule has 0 saturated carbocycles. The molecule has 7 nitrogen and oxygen atoms in total. The highest BCUT2D eigenvalue weighted by Gasteiger charge is 2.12. The van der Waals surface area contributed by atoms with Gasteiger partial charge >= 0.3 is 0 Å². The number of nitrogens with one attached hydrogen (secondary N) is 2.